The number of benzene rings is 2. The van der Waals surface area contributed by atoms with Crippen LogP contribution in [-0.4, -0.2) is 23.8 Å². The van der Waals surface area contributed by atoms with Crippen molar-refractivity contribution in [3.63, 3.8) is 0 Å². The maximum atomic E-state index is 12.3. The number of hydrogen-bond donors (Lipinski definition) is 2. The van der Waals surface area contributed by atoms with Crippen LogP contribution >= 0.6 is 23.2 Å². The zero-order valence-corrected chi connectivity index (χ0v) is 15.3. The van der Waals surface area contributed by atoms with E-state index < -0.39 is 23.8 Å². The van der Waals surface area contributed by atoms with Crippen LogP contribution in [0.5, 0.6) is 5.75 Å². The third-order valence-electron chi connectivity index (χ3n) is 3.47. The van der Waals surface area contributed by atoms with E-state index in [9.17, 15) is 14.4 Å². The van der Waals surface area contributed by atoms with Crippen LogP contribution in [0, 0.1) is 0 Å². The fourth-order valence-electron chi connectivity index (χ4n) is 2.21. The zero-order valence-electron chi connectivity index (χ0n) is 13.8. The lowest BCUT2D eigenvalue weighted by Crippen LogP contribution is -2.45. The predicted molar refractivity (Wildman–Crippen MR) is 98.4 cm³/mol. The standard InChI is InChI=1S/C18H16Cl2N2O4/c1-10(23)26-14-6-3-11(4-7-14)18(25)22-16(17(21)24)8-12-2-5-13(19)9-15(12)20/h2-7,9,16H,8H2,1H3,(H2,21,24)(H,22,25)/t16-/m0/s1. The average Bonchev–Trinajstić information content (AvgIpc) is 2.56. The van der Waals surface area contributed by atoms with E-state index in [1.165, 1.54) is 31.2 Å². The van der Waals surface area contributed by atoms with Crippen molar-refractivity contribution in [3.05, 3.63) is 63.6 Å². The van der Waals surface area contributed by atoms with Gasteiger partial charge in [-0.1, -0.05) is 29.3 Å². The number of rotatable bonds is 6. The fraction of sp³-hybridized carbons (Fsp3) is 0.167. The first-order chi connectivity index (χ1) is 12.3. The lowest BCUT2D eigenvalue weighted by Gasteiger charge is -2.16. The molecule has 1 atom stereocenters. The number of esters is 1. The van der Waals surface area contributed by atoms with Crippen molar-refractivity contribution >= 4 is 41.0 Å². The molecule has 26 heavy (non-hydrogen) atoms. The summed E-state index contributed by atoms with van der Waals surface area (Å²) in [5.41, 5.74) is 6.31. The van der Waals surface area contributed by atoms with Gasteiger partial charge < -0.3 is 15.8 Å². The molecule has 0 aliphatic heterocycles. The van der Waals surface area contributed by atoms with Crippen molar-refractivity contribution in [2.24, 2.45) is 5.73 Å². The molecular formula is C18H16Cl2N2O4. The van der Waals surface area contributed by atoms with Gasteiger partial charge in [0.25, 0.3) is 5.91 Å². The molecular weight excluding hydrogens is 379 g/mol. The molecule has 0 fully saturated rings. The number of ether oxygens (including phenoxy) is 1. The Morgan fingerprint density at radius 3 is 2.31 bits per heavy atom. The normalized spacial score (nSPS) is 11.5. The Hall–Kier alpha value is -2.57. The summed E-state index contributed by atoms with van der Waals surface area (Å²) < 4.78 is 4.90. The van der Waals surface area contributed by atoms with Crippen LogP contribution in [0.3, 0.4) is 0 Å². The molecule has 0 saturated carbocycles. The average molecular weight is 395 g/mol. The lowest BCUT2D eigenvalue weighted by atomic mass is 10.0. The number of nitrogens with one attached hydrogen (secondary N) is 1. The third kappa shape index (κ3) is 5.47. The summed E-state index contributed by atoms with van der Waals surface area (Å²) in [5, 5.41) is 3.41. The number of halogens is 2. The van der Waals surface area contributed by atoms with Gasteiger partial charge in [-0.3, -0.25) is 14.4 Å². The highest BCUT2D eigenvalue weighted by molar-refractivity contribution is 6.35. The summed E-state index contributed by atoms with van der Waals surface area (Å²) in [4.78, 5) is 34.9. The minimum absolute atomic E-state index is 0.128. The van der Waals surface area contributed by atoms with Gasteiger partial charge in [-0.05, 0) is 42.0 Å². The third-order valence-corrected chi connectivity index (χ3v) is 4.05. The van der Waals surface area contributed by atoms with Gasteiger partial charge in [0.1, 0.15) is 11.8 Å². The van der Waals surface area contributed by atoms with Crippen molar-refractivity contribution in [1.82, 2.24) is 5.32 Å². The van der Waals surface area contributed by atoms with Crippen LogP contribution in [-0.2, 0) is 16.0 Å². The van der Waals surface area contributed by atoms with Crippen molar-refractivity contribution in [1.29, 1.82) is 0 Å². The SMILES string of the molecule is CC(=O)Oc1ccc(C(=O)N[C@@H](Cc2ccc(Cl)cc2Cl)C(N)=O)cc1. The van der Waals surface area contributed by atoms with E-state index in [1.54, 1.807) is 18.2 Å². The Bertz CT molecular complexity index is 838. The zero-order chi connectivity index (χ0) is 19.3. The van der Waals surface area contributed by atoms with Gasteiger partial charge in [-0.2, -0.15) is 0 Å². The summed E-state index contributed by atoms with van der Waals surface area (Å²) in [6.45, 7) is 1.28. The number of carbonyl (C=O) groups is 3. The number of primary amides is 1. The van der Waals surface area contributed by atoms with E-state index in [4.69, 9.17) is 33.7 Å². The highest BCUT2D eigenvalue weighted by atomic mass is 35.5. The largest absolute Gasteiger partial charge is 0.427 e. The molecule has 136 valence electrons. The molecule has 0 bridgehead atoms. The highest BCUT2D eigenvalue weighted by Crippen LogP contribution is 2.22. The first-order valence-corrected chi connectivity index (χ1v) is 8.34. The monoisotopic (exact) mass is 394 g/mol. The van der Waals surface area contributed by atoms with Gasteiger partial charge in [-0.25, -0.2) is 0 Å². The number of amides is 2. The number of nitrogens with two attached hydrogens (primary N) is 1. The molecule has 2 aromatic carbocycles. The Morgan fingerprint density at radius 2 is 1.77 bits per heavy atom. The molecule has 8 heteroatoms. The second-order valence-electron chi connectivity index (χ2n) is 5.49. The second-order valence-corrected chi connectivity index (χ2v) is 6.33. The van der Waals surface area contributed by atoms with Gasteiger partial charge in [0, 0.05) is 29.0 Å². The van der Waals surface area contributed by atoms with E-state index in [2.05, 4.69) is 5.32 Å². The molecule has 3 N–H and O–H groups in total. The van der Waals surface area contributed by atoms with E-state index in [1.807, 2.05) is 0 Å². The van der Waals surface area contributed by atoms with Gasteiger partial charge >= 0.3 is 5.97 Å². The van der Waals surface area contributed by atoms with Crippen LogP contribution in [0.4, 0.5) is 0 Å². The molecule has 0 radical (unpaired) electrons. The summed E-state index contributed by atoms with van der Waals surface area (Å²) >= 11 is 11.9. The molecule has 0 aliphatic carbocycles. The van der Waals surface area contributed by atoms with Crippen LogP contribution in [0.15, 0.2) is 42.5 Å². The van der Waals surface area contributed by atoms with Crippen molar-refractivity contribution in [2.75, 3.05) is 0 Å². The summed E-state index contributed by atoms with van der Waals surface area (Å²) in [6, 6.07) is 9.80. The topological polar surface area (TPSA) is 98.5 Å². The first kappa shape index (κ1) is 19.8. The Kier molecular flexibility index (Phi) is 6.60. The molecule has 2 amide bonds. The summed E-state index contributed by atoms with van der Waals surface area (Å²) in [6.07, 6.45) is 0.128. The summed E-state index contributed by atoms with van der Waals surface area (Å²) in [7, 11) is 0. The molecule has 0 aromatic heterocycles. The maximum Gasteiger partial charge on any atom is 0.308 e. The smallest absolute Gasteiger partial charge is 0.308 e. The van der Waals surface area contributed by atoms with Gasteiger partial charge in [0.2, 0.25) is 5.91 Å². The van der Waals surface area contributed by atoms with Crippen molar-refractivity contribution < 1.29 is 19.1 Å². The van der Waals surface area contributed by atoms with Crippen LogP contribution < -0.4 is 15.8 Å². The molecule has 0 saturated heterocycles. The molecule has 0 spiro atoms. The molecule has 2 rings (SSSR count). The van der Waals surface area contributed by atoms with Crippen LogP contribution in [0.1, 0.15) is 22.8 Å². The Morgan fingerprint density at radius 1 is 1.12 bits per heavy atom. The van der Waals surface area contributed by atoms with Crippen LogP contribution in [0.2, 0.25) is 10.0 Å². The lowest BCUT2D eigenvalue weighted by molar-refractivity contribution is -0.131. The van der Waals surface area contributed by atoms with Gasteiger partial charge in [0.15, 0.2) is 0 Å². The van der Waals surface area contributed by atoms with Crippen LogP contribution in [0.25, 0.3) is 0 Å². The maximum absolute atomic E-state index is 12.3. The van der Waals surface area contributed by atoms with Gasteiger partial charge in [-0.15, -0.1) is 0 Å². The predicted octanol–water partition coefficient (Wildman–Crippen LogP) is 2.75. The van der Waals surface area contributed by atoms with E-state index in [0.29, 0.717) is 21.4 Å². The van der Waals surface area contributed by atoms with E-state index in [0.717, 1.165) is 0 Å². The quantitative estimate of drug-likeness (QED) is 0.581. The summed E-state index contributed by atoms with van der Waals surface area (Å²) in [5.74, 6) is -1.33. The first-order valence-electron chi connectivity index (χ1n) is 7.59. The van der Waals surface area contributed by atoms with E-state index >= 15 is 0 Å². The number of carbonyl (C=O) groups excluding carboxylic acids is 3. The highest BCUT2D eigenvalue weighted by Gasteiger charge is 2.21. The molecule has 0 unspecified atom stereocenters. The van der Waals surface area contributed by atoms with Crippen molar-refractivity contribution in [3.8, 4) is 5.75 Å². The van der Waals surface area contributed by atoms with Gasteiger partial charge in [0.05, 0.1) is 0 Å². The molecule has 0 aliphatic rings. The fourth-order valence-corrected chi connectivity index (χ4v) is 2.70. The molecule has 6 nitrogen and oxygen atoms in total. The van der Waals surface area contributed by atoms with Crippen molar-refractivity contribution in [2.45, 2.75) is 19.4 Å². The minimum Gasteiger partial charge on any atom is -0.427 e. The Balaban J connectivity index is 2.10. The molecule has 2 aromatic rings. The second kappa shape index (κ2) is 8.69. The van der Waals surface area contributed by atoms with E-state index in [-0.39, 0.29) is 12.0 Å². The molecule has 0 heterocycles. The Labute approximate surface area is 160 Å². The number of hydrogen-bond acceptors (Lipinski definition) is 4. The minimum atomic E-state index is -0.950.